The van der Waals surface area contributed by atoms with Crippen molar-refractivity contribution in [2.45, 2.75) is 64.7 Å². The van der Waals surface area contributed by atoms with E-state index in [0.29, 0.717) is 6.61 Å². The molecule has 0 spiro atoms. The molecule has 0 unspecified atom stereocenters. The Bertz CT molecular complexity index is 839. The van der Waals surface area contributed by atoms with Crippen molar-refractivity contribution in [2.75, 3.05) is 6.61 Å². The largest absolute Gasteiger partial charge is 0.461 e. The van der Waals surface area contributed by atoms with Crippen LogP contribution in [-0.4, -0.2) is 23.5 Å². The van der Waals surface area contributed by atoms with Gasteiger partial charge in [0.1, 0.15) is 11.4 Å². The van der Waals surface area contributed by atoms with E-state index in [1.165, 1.54) is 68.9 Å². The van der Waals surface area contributed by atoms with E-state index in [2.05, 4.69) is 11.9 Å². The lowest BCUT2D eigenvalue weighted by molar-refractivity contribution is 0.0490. The van der Waals surface area contributed by atoms with E-state index in [4.69, 9.17) is 21.1 Å². The number of esters is 2. The molecule has 0 fully saturated rings. The van der Waals surface area contributed by atoms with Crippen molar-refractivity contribution < 1.29 is 23.5 Å². The third-order valence-corrected chi connectivity index (χ3v) is 5.06. The number of pyridine rings is 1. The highest BCUT2D eigenvalue weighted by Crippen LogP contribution is 2.27. The Morgan fingerprint density at radius 3 is 2.10 bits per heavy atom. The van der Waals surface area contributed by atoms with Crippen LogP contribution in [0.4, 0.5) is 4.39 Å². The third kappa shape index (κ3) is 8.66. The summed E-state index contributed by atoms with van der Waals surface area (Å²) in [5.74, 6) is -2.68. The zero-order valence-electron chi connectivity index (χ0n) is 17.9. The highest BCUT2D eigenvalue weighted by Gasteiger charge is 2.18. The SMILES string of the molecule is CCCCCCCCCCCOC(=O)c1cccc(C(=O)Oc2c(F)cccc2Cl)n1. The van der Waals surface area contributed by atoms with Gasteiger partial charge in [0, 0.05) is 0 Å². The summed E-state index contributed by atoms with van der Waals surface area (Å²) in [5, 5.41) is -0.0372. The van der Waals surface area contributed by atoms with Gasteiger partial charge in [0.25, 0.3) is 0 Å². The number of carbonyl (C=O) groups excluding carboxylic acids is 2. The van der Waals surface area contributed by atoms with Gasteiger partial charge < -0.3 is 9.47 Å². The molecule has 0 aliphatic rings. The second-order valence-electron chi connectivity index (χ2n) is 7.31. The number of aromatic nitrogens is 1. The summed E-state index contributed by atoms with van der Waals surface area (Å²) >= 11 is 5.86. The van der Waals surface area contributed by atoms with Crippen LogP contribution in [0.3, 0.4) is 0 Å². The summed E-state index contributed by atoms with van der Waals surface area (Å²) in [7, 11) is 0. The van der Waals surface area contributed by atoms with E-state index in [1.807, 2.05) is 0 Å². The maximum Gasteiger partial charge on any atom is 0.362 e. The topological polar surface area (TPSA) is 65.5 Å². The molecular formula is C24H29ClFNO4. The number of nitrogens with zero attached hydrogens (tertiary/aromatic N) is 1. The van der Waals surface area contributed by atoms with E-state index in [0.717, 1.165) is 25.3 Å². The summed E-state index contributed by atoms with van der Waals surface area (Å²) in [4.78, 5) is 28.5. The minimum absolute atomic E-state index is 0.00925. The van der Waals surface area contributed by atoms with Crippen LogP contribution in [0, 0.1) is 5.82 Å². The molecule has 0 aliphatic heterocycles. The number of benzene rings is 1. The Balaban J connectivity index is 1.75. The molecule has 31 heavy (non-hydrogen) atoms. The Kier molecular flexibility index (Phi) is 11.0. The van der Waals surface area contributed by atoms with E-state index in [1.54, 1.807) is 0 Å². The number of ether oxygens (including phenoxy) is 2. The maximum atomic E-state index is 13.8. The summed E-state index contributed by atoms with van der Waals surface area (Å²) in [6.45, 7) is 2.51. The fourth-order valence-corrected chi connectivity index (χ4v) is 3.24. The standard InChI is InChI=1S/C24H29ClFNO4/c1-2-3-4-5-6-7-8-9-10-17-30-23(28)20-15-12-16-21(27-20)24(29)31-22-18(25)13-11-14-19(22)26/h11-16H,2-10,17H2,1H3. The van der Waals surface area contributed by atoms with Crippen LogP contribution in [0.15, 0.2) is 36.4 Å². The number of hydrogen-bond acceptors (Lipinski definition) is 5. The highest BCUT2D eigenvalue weighted by atomic mass is 35.5. The molecule has 1 aromatic heterocycles. The smallest absolute Gasteiger partial charge is 0.362 e. The fraction of sp³-hybridized carbons (Fsp3) is 0.458. The van der Waals surface area contributed by atoms with Crippen molar-refractivity contribution in [3.63, 3.8) is 0 Å². The average Bonchev–Trinajstić information content (AvgIpc) is 2.77. The first kappa shape index (κ1) is 24.8. The molecule has 0 atom stereocenters. The molecule has 5 nitrogen and oxygen atoms in total. The van der Waals surface area contributed by atoms with Crippen molar-refractivity contribution in [3.8, 4) is 5.75 Å². The highest BCUT2D eigenvalue weighted by molar-refractivity contribution is 6.32. The first-order chi connectivity index (χ1) is 15.0. The van der Waals surface area contributed by atoms with Crippen molar-refractivity contribution in [3.05, 3.63) is 58.6 Å². The van der Waals surface area contributed by atoms with Crippen molar-refractivity contribution >= 4 is 23.5 Å². The molecule has 2 rings (SSSR count). The number of carbonyl (C=O) groups is 2. The van der Waals surface area contributed by atoms with Gasteiger partial charge in [0.2, 0.25) is 0 Å². The summed E-state index contributed by atoms with van der Waals surface area (Å²) in [5.41, 5.74) is -0.151. The van der Waals surface area contributed by atoms with E-state index < -0.39 is 17.8 Å². The third-order valence-electron chi connectivity index (χ3n) is 4.76. The van der Waals surface area contributed by atoms with E-state index in [-0.39, 0.29) is 22.2 Å². The molecule has 0 bridgehead atoms. The van der Waals surface area contributed by atoms with E-state index >= 15 is 0 Å². The first-order valence-corrected chi connectivity index (χ1v) is 11.2. The van der Waals surface area contributed by atoms with Gasteiger partial charge in [-0.25, -0.2) is 19.0 Å². The van der Waals surface area contributed by atoms with Gasteiger partial charge >= 0.3 is 11.9 Å². The van der Waals surface area contributed by atoms with Crippen LogP contribution in [0.2, 0.25) is 5.02 Å². The molecule has 1 aromatic carbocycles. The summed E-state index contributed by atoms with van der Waals surface area (Å²) < 4.78 is 24.0. The Morgan fingerprint density at radius 2 is 1.45 bits per heavy atom. The number of para-hydroxylation sites is 1. The van der Waals surface area contributed by atoms with Crippen LogP contribution in [0.5, 0.6) is 5.75 Å². The molecule has 7 heteroatoms. The summed E-state index contributed by atoms with van der Waals surface area (Å²) in [6, 6.07) is 8.24. The van der Waals surface area contributed by atoms with Gasteiger partial charge in [-0.2, -0.15) is 0 Å². The first-order valence-electron chi connectivity index (χ1n) is 10.8. The lowest BCUT2D eigenvalue weighted by Gasteiger charge is -2.08. The Morgan fingerprint density at radius 1 is 0.871 bits per heavy atom. The zero-order chi connectivity index (χ0) is 22.5. The van der Waals surface area contributed by atoms with Crippen LogP contribution < -0.4 is 4.74 Å². The fourth-order valence-electron chi connectivity index (χ4n) is 3.04. The normalized spacial score (nSPS) is 10.7. The van der Waals surface area contributed by atoms with Crippen molar-refractivity contribution in [1.29, 1.82) is 0 Å². The molecule has 2 aromatic rings. The van der Waals surface area contributed by atoms with Crippen LogP contribution in [-0.2, 0) is 4.74 Å². The maximum absolute atomic E-state index is 13.8. The molecule has 1 heterocycles. The average molecular weight is 450 g/mol. The predicted molar refractivity (Wildman–Crippen MR) is 118 cm³/mol. The second-order valence-corrected chi connectivity index (χ2v) is 7.72. The Labute approximate surface area is 187 Å². The van der Waals surface area contributed by atoms with Gasteiger partial charge in [0.15, 0.2) is 11.6 Å². The number of halogens is 2. The van der Waals surface area contributed by atoms with Crippen LogP contribution in [0.1, 0.15) is 85.7 Å². The molecule has 0 radical (unpaired) electrons. The lowest BCUT2D eigenvalue weighted by Crippen LogP contribution is -2.15. The molecule has 0 aliphatic carbocycles. The molecule has 0 saturated heterocycles. The second kappa shape index (κ2) is 13.8. The molecule has 0 amide bonds. The number of unbranched alkanes of at least 4 members (excludes halogenated alkanes) is 8. The zero-order valence-corrected chi connectivity index (χ0v) is 18.6. The van der Waals surface area contributed by atoms with Crippen LogP contribution in [0.25, 0.3) is 0 Å². The molecule has 0 saturated carbocycles. The number of rotatable bonds is 13. The van der Waals surface area contributed by atoms with Crippen molar-refractivity contribution in [2.24, 2.45) is 0 Å². The monoisotopic (exact) mass is 449 g/mol. The van der Waals surface area contributed by atoms with Gasteiger partial charge in [0.05, 0.1) is 11.6 Å². The van der Waals surface area contributed by atoms with Gasteiger partial charge in [-0.15, -0.1) is 0 Å². The molecular weight excluding hydrogens is 421 g/mol. The molecule has 168 valence electrons. The van der Waals surface area contributed by atoms with Crippen molar-refractivity contribution in [1.82, 2.24) is 4.98 Å². The van der Waals surface area contributed by atoms with E-state index in [9.17, 15) is 14.0 Å². The number of hydrogen-bond donors (Lipinski definition) is 0. The lowest BCUT2D eigenvalue weighted by atomic mass is 10.1. The van der Waals surface area contributed by atoms with Gasteiger partial charge in [-0.1, -0.05) is 82.0 Å². The Hall–Kier alpha value is -2.47. The minimum Gasteiger partial charge on any atom is -0.461 e. The summed E-state index contributed by atoms with van der Waals surface area (Å²) in [6.07, 6.45) is 10.5. The van der Waals surface area contributed by atoms with Crippen LogP contribution >= 0.6 is 11.6 Å². The predicted octanol–water partition coefficient (Wildman–Crippen LogP) is 6.78. The molecule has 0 N–H and O–H groups in total. The minimum atomic E-state index is -0.916. The van der Waals surface area contributed by atoms with Gasteiger partial charge in [-0.05, 0) is 30.7 Å². The quantitative estimate of drug-likeness (QED) is 0.191. The van der Waals surface area contributed by atoms with Gasteiger partial charge in [-0.3, -0.25) is 0 Å².